The van der Waals surface area contributed by atoms with Crippen LogP contribution >= 0.6 is 0 Å². The van der Waals surface area contributed by atoms with Crippen molar-refractivity contribution in [2.24, 2.45) is 0 Å². The van der Waals surface area contributed by atoms with E-state index in [1.807, 2.05) is 6.92 Å². The second kappa shape index (κ2) is 5.10. The van der Waals surface area contributed by atoms with Crippen molar-refractivity contribution >= 4 is 5.97 Å². The third kappa shape index (κ3) is 2.91. The van der Waals surface area contributed by atoms with Gasteiger partial charge in [-0.1, -0.05) is 12.1 Å². The topological polar surface area (TPSA) is 46.5 Å². The monoisotopic (exact) mass is 260 g/mol. The molecular weight excluding hydrogens is 247 g/mol. The van der Waals surface area contributed by atoms with E-state index in [1.54, 1.807) is 25.1 Å². The Kier molecular flexibility index (Phi) is 3.51. The summed E-state index contributed by atoms with van der Waals surface area (Å²) in [5.74, 6) is -1.48. The minimum Gasteiger partial charge on any atom is -0.478 e. The maximum absolute atomic E-state index is 13.6. The van der Waals surface area contributed by atoms with Crippen molar-refractivity contribution in [1.29, 1.82) is 0 Å². The van der Waals surface area contributed by atoms with E-state index in [1.165, 1.54) is 18.2 Å². The normalized spacial score (nSPS) is 10.3. The Morgan fingerprint density at radius 2 is 1.63 bits per heavy atom. The average Bonchev–Trinajstić information content (AvgIpc) is 2.33. The summed E-state index contributed by atoms with van der Waals surface area (Å²) in [5, 5.41) is 9.08. The molecule has 0 radical (unpaired) electrons. The second-order valence-corrected chi connectivity index (χ2v) is 4.34. The zero-order valence-corrected chi connectivity index (χ0v) is 10.6. The van der Waals surface area contributed by atoms with Gasteiger partial charge in [-0.05, 0) is 49.2 Å². The standard InChI is InChI=1S/C15H13FO3/c1-9-3-5-11(15(17)18)13(7-9)19-14-8-10(2)4-6-12(14)16/h3-8H,1-2H3,(H,17,18). The van der Waals surface area contributed by atoms with Gasteiger partial charge in [0.1, 0.15) is 11.3 Å². The summed E-state index contributed by atoms with van der Waals surface area (Å²) >= 11 is 0. The van der Waals surface area contributed by atoms with E-state index in [4.69, 9.17) is 9.84 Å². The Hall–Kier alpha value is -2.36. The highest BCUT2D eigenvalue weighted by Gasteiger charge is 2.14. The van der Waals surface area contributed by atoms with E-state index in [-0.39, 0.29) is 17.1 Å². The molecular formula is C15H13FO3. The Morgan fingerprint density at radius 1 is 1.05 bits per heavy atom. The lowest BCUT2D eigenvalue weighted by atomic mass is 10.1. The molecule has 0 aromatic heterocycles. The molecule has 98 valence electrons. The zero-order chi connectivity index (χ0) is 14.0. The third-order valence-electron chi connectivity index (χ3n) is 2.67. The van der Waals surface area contributed by atoms with E-state index in [0.717, 1.165) is 11.1 Å². The molecule has 2 aromatic carbocycles. The number of halogens is 1. The van der Waals surface area contributed by atoms with Crippen LogP contribution in [-0.4, -0.2) is 11.1 Å². The van der Waals surface area contributed by atoms with Gasteiger partial charge in [0, 0.05) is 0 Å². The lowest BCUT2D eigenvalue weighted by Crippen LogP contribution is -2.01. The molecule has 0 spiro atoms. The van der Waals surface area contributed by atoms with Gasteiger partial charge in [-0.25, -0.2) is 9.18 Å². The average molecular weight is 260 g/mol. The Labute approximate surface area is 110 Å². The second-order valence-electron chi connectivity index (χ2n) is 4.34. The van der Waals surface area contributed by atoms with Gasteiger partial charge in [0.05, 0.1) is 0 Å². The van der Waals surface area contributed by atoms with E-state index < -0.39 is 11.8 Å². The lowest BCUT2D eigenvalue weighted by Gasteiger charge is -2.11. The first kappa shape index (κ1) is 13.1. The van der Waals surface area contributed by atoms with E-state index in [2.05, 4.69) is 0 Å². The summed E-state index contributed by atoms with van der Waals surface area (Å²) in [4.78, 5) is 11.1. The first-order chi connectivity index (χ1) is 8.97. The van der Waals surface area contributed by atoms with Crippen molar-refractivity contribution in [2.75, 3.05) is 0 Å². The van der Waals surface area contributed by atoms with Crippen LogP contribution in [0.1, 0.15) is 21.5 Å². The highest BCUT2D eigenvalue weighted by molar-refractivity contribution is 5.91. The predicted octanol–water partition coefficient (Wildman–Crippen LogP) is 3.93. The molecule has 4 heteroatoms. The van der Waals surface area contributed by atoms with Crippen LogP contribution in [0, 0.1) is 19.7 Å². The van der Waals surface area contributed by atoms with Gasteiger partial charge in [0.15, 0.2) is 11.6 Å². The number of carboxylic acid groups (broad SMARTS) is 1. The van der Waals surface area contributed by atoms with Gasteiger partial charge >= 0.3 is 5.97 Å². The van der Waals surface area contributed by atoms with Crippen LogP contribution < -0.4 is 4.74 Å². The molecule has 19 heavy (non-hydrogen) atoms. The van der Waals surface area contributed by atoms with Gasteiger partial charge in [-0.3, -0.25) is 0 Å². The van der Waals surface area contributed by atoms with Gasteiger partial charge in [-0.2, -0.15) is 0 Å². The summed E-state index contributed by atoms with van der Waals surface area (Å²) in [6.07, 6.45) is 0. The molecule has 2 aromatic rings. The fraction of sp³-hybridized carbons (Fsp3) is 0.133. The van der Waals surface area contributed by atoms with Crippen LogP contribution in [-0.2, 0) is 0 Å². The van der Waals surface area contributed by atoms with Gasteiger partial charge in [-0.15, -0.1) is 0 Å². The molecule has 0 aliphatic rings. The highest BCUT2D eigenvalue weighted by Crippen LogP contribution is 2.29. The summed E-state index contributed by atoms with van der Waals surface area (Å²) in [5.41, 5.74) is 1.68. The molecule has 0 saturated heterocycles. The number of aromatic carboxylic acids is 1. The van der Waals surface area contributed by atoms with E-state index >= 15 is 0 Å². The predicted molar refractivity (Wildman–Crippen MR) is 69.3 cm³/mol. The van der Waals surface area contributed by atoms with Crippen LogP contribution in [0.15, 0.2) is 36.4 Å². The van der Waals surface area contributed by atoms with E-state index in [0.29, 0.717) is 0 Å². The molecule has 2 rings (SSSR count). The number of rotatable bonds is 3. The summed E-state index contributed by atoms with van der Waals surface area (Å²) in [6, 6.07) is 9.13. The fourth-order valence-corrected chi connectivity index (χ4v) is 1.70. The largest absolute Gasteiger partial charge is 0.478 e. The van der Waals surface area contributed by atoms with Crippen LogP contribution in [0.5, 0.6) is 11.5 Å². The number of carbonyl (C=O) groups is 1. The van der Waals surface area contributed by atoms with Gasteiger partial charge in [0.2, 0.25) is 0 Å². The van der Waals surface area contributed by atoms with Crippen LogP contribution in [0.25, 0.3) is 0 Å². The Morgan fingerprint density at radius 3 is 2.26 bits per heavy atom. The Balaban J connectivity index is 2.45. The molecule has 0 aliphatic carbocycles. The molecule has 1 N–H and O–H groups in total. The van der Waals surface area contributed by atoms with Crippen molar-refractivity contribution in [1.82, 2.24) is 0 Å². The molecule has 0 saturated carbocycles. The maximum Gasteiger partial charge on any atom is 0.339 e. The smallest absolute Gasteiger partial charge is 0.339 e. The van der Waals surface area contributed by atoms with E-state index in [9.17, 15) is 9.18 Å². The van der Waals surface area contributed by atoms with Crippen molar-refractivity contribution in [3.8, 4) is 11.5 Å². The van der Waals surface area contributed by atoms with Crippen molar-refractivity contribution in [3.05, 3.63) is 58.9 Å². The number of hydrogen-bond donors (Lipinski definition) is 1. The number of ether oxygens (including phenoxy) is 1. The minimum absolute atomic E-state index is 0.00602. The molecule has 0 unspecified atom stereocenters. The summed E-state index contributed by atoms with van der Waals surface area (Å²) in [6.45, 7) is 3.62. The molecule has 0 heterocycles. The first-order valence-electron chi connectivity index (χ1n) is 5.75. The number of benzene rings is 2. The van der Waals surface area contributed by atoms with Crippen molar-refractivity contribution < 1.29 is 19.0 Å². The van der Waals surface area contributed by atoms with Crippen LogP contribution in [0.2, 0.25) is 0 Å². The number of hydrogen-bond acceptors (Lipinski definition) is 2. The third-order valence-corrected chi connectivity index (χ3v) is 2.67. The van der Waals surface area contributed by atoms with Crippen LogP contribution in [0.4, 0.5) is 4.39 Å². The number of aryl methyl sites for hydroxylation is 2. The lowest BCUT2D eigenvalue weighted by molar-refractivity contribution is 0.0694. The fourth-order valence-electron chi connectivity index (χ4n) is 1.70. The first-order valence-corrected chi connectivity index (χ1v) is 5.75. The van der Waals surface area contributed by atoms with Gasteiger partial charge in [0.25, 0.3) is 0 Å². The van der Waals surface area contributed by atoms with Crippen molar-refractivity contribution in [2.45, 2.75) is 13.8 Å². The van der Waals surface area contributed by atoms with Crippen LogP contribution in [0.3, 0.4) is 0 Å². The summed E-state index contributed by atoms with van der Waals surface area (Å²) in [7, 11) is 0. The molecule has 0 amide bonds. The Bertz CT molecular complexity index is 635. The zero-order valence-electron chi connectivity index (χ0n) is 10.6. The molecule has 3 nitrogen and oxygen atoms in total. The maximum atomic E-state index is 13.6. The minimum atomic E-state index is -1.11. The molecule has 0 atom stereocenters. The summed E-state index contributed by atoms with van der Waals surface area (Å²) < 4.78 is 19.0. The van der Waals surface area contributed by atoms with Gasteiger partial charge < -0.3 is 9.84 Å². The quantitative estimate of drug-likeness (QED) is 0.909. The highest BCUT2D eigenvalue weighted by atomic mass is 19.1. The number of carboxylic acids is 1. The molecule has 0 aliphatic heterocycles. The van der Waals surface area contributed by atoms with Crippen molar-refractivity contribution in [3.63, 3.8) is 0 Å². The SMILES string of the molecule is Cc1ccc(F)c(Oc2cc(C)ccc2C(=O)O)c1. The molecule has 0 bridgehead atoms. The molecule has 0 fully saturated rings.